The Morgan fingerprint density at radius 2 is 2.20 bits per heavy atom. The van der Waals surface area contributed by atoms with Crippen LogP contribution >= 0.6 is 12.4 Å². The standard InChI is InChI=1S/C6H9F2N.ClH/c7-5(8)6-1-4(6)2-9-3-6;/h4-5,9H,1-3H2;1H/t4-,6-;/m0./s1. The van der Waals surface area contributed by atoms with E-state index in [2.05, 4.69) is 5.32 Å². The van der Waals surface area contributed by atoms with Crippen LogP contribution in [-0.2, 0) is 0 Å². The Morgan fingerprint density at radius 1 is 1.50 bits per heavy atom. The highest BCUT2D eigenvalue weighted by molar-refractivity contribution is 5.85. The minimum absolute atomic E-state index is 0. The lowest BCUT2D eigenvalue weighted by atomic mass is 10.1. The van der Waals surface area contributed by atoms with Crippen LogP contribution in [0.3, 0.4) is 0 Å². The second-order valence-corrected chi connectivity index (χ2v) is 3.07. The van der Waals surface area contributed by atoms with E-state index in [-0.39, 0.29) is 18.3 Å². The molecule has 2 fully saturated rings. The number of hydrogen-bond donors (Lipinski definition) is 1. The summed E-state index contributed by atoms with van der Waals surface area (Å²) in [5.74, 6) is 0.289. The van der Waals surface area contributed by atoms with Crippen molar-refractivity contribution < 1.29 is 8.78 Å². The molecule has 1 saturated carbocycles. The number of nitrogens with one attached hydrogen (secondary N) is 1. The lowest BCUT2D eigenvalue weighted by Gasteiger charge is -2.07. The molecule has 2 rings (SSSR count). The lowest BCUT2D eigenvalue weighted by molar-refractivity contribution is 0.0642. The highest BCUT2D eigenvalue weighted by Gasteiger charge is 2.63. The van der Waals surface area contributed by atoms with Gasteiger partial charge in [0.15, 0.2) is 0 Å². The molecule has 0 radical (unpaired) electrons. The number of rotatable bonds is 1. The summed E-state index contributed by atoms with van der Waals surface area (Å²) >= 11 is 0. The third-order valence-corrected chi connectivity index (χ3v) is 2.56. The fourth-order valence-corrected chi connectivity index (χ4v) is 1.72. The lowest BCUT2D eigenvalue weighted by Crippen LogP contribution is -2.21. The number of fused-ring (bicyclic) bond motifs is 1. The van der Waals surface area contributed by atoms with Gasteiger partial charge < -0.3 is 5.32 Å². The van der Waals surface area contributed by atoms with Crippen LogP contribution in [0.5, 0.6) is 0 Å². The first-order valence-corrected chi connectivity index (χ1v) is 3.24. The molecule has 0 bridgehead atoms. The Kier molecular flexibility index (Phi) is 1.90. The van der Waals surface area contributed by atoms with Crippen LogP contribution in [-0.4, -0.2) is 19.5 Å². The van der Waals surface area contributed by atoms with E-state index in [0.717, 1.165) is 13.0 Å². The maximum Gasteiger partial charge on any atom is 0.245 e. The second kappa shape index (κ2) is 2.31. The molecule has 4 heteroatoms. The average Bonchev–Trinajstić information content (AvgIpc) is 2.38. The van der Waals surface area contributed by atoms with Crippen molar-refractivity contribution in [2.45, 2.75) is 12.8 Å². The topological polar surface area (TPSA) is 12.0 Å². The molecule has 1 N–H and O–H groups in total. The minimum atomic E-state index is -2.10. The molecule has 0 aromatic heterocycles. The monoisotopic (exact) mass is 169 g/mol. The van der Waals surface area contributed by atoms with Crippen molar-refractivity contribution in [3.63, 3.8) is 0 Å². The smallest absolute Gasteiger partial charge is 0.245 e. The zero-order valence-corrected chi connectivity index (χ0v) is 6.26. The number of hydrogen-bond acceptors (Lipinski definition) is 1. The Hall–Kier alpha value is 0.110. The van der Waals surface area contributed by atoms with Gasteiger partial charge in [-0.05, 0) is 18.9 Å². The van der Waals surface area contributed by atoms with Gasteiger partial charge in [-0.25, -0.2) is 8.78 Å². The molecular formula is C6H10ClF2N. The van der Waals surface area contributed by atoms with Gasteiger partial charge in [-0.3, -0.25) is 0 Å². The molecule has 0 unspecified atom stereocenters. The van der Waals surface area contributed by atoms with E-state index in [9.17, 15) is 8.78 Å². The van der Waals surface area contributed by atoms with Gasteiger partial charge in [-0.1, -0.05) is 0 Å². The molecule has 2 aliphatic rings. The molecule has 10 heavy (non-hydrogen) atoms. The van der Waals surface area contributed by atoms with Gasteiger partial charge in [0, 0.05) is 12.0 Å². The van der Waals surface area contributed by atoms with Crippen molar-refractivity contribution in [3.8, 4) is 0 Å². The normalized spacial score (nSPS) is 42.9. The molecule has 1 heterocycles. The Bertz CT molecular complexity index is 138. The van der Waals surface area contributed by atoms with E-state index in [0.29, 0.717) is 6.54 Å². The predicted molar refractivity (Wildman–Crippen MR) is 36.7 cm³/mol. The van der Waals surface area contributed by atoms with Crippen molar-refractivity contribution in [3.05, 3.63) is 0 Å². The van der Waals surface area contributed by atoms with Crippen molar-refractivity contribution in [2.75, 3.05) is 13.1 Å². The molecule has 1 saturated heterocycles. The zero-order valence-electron chi connectivity index (χ0n) is 5.44. The van der Waals surface area contributed by atoms with Crippen LogP contribution in [0.25, 0.3) is 0 Å². The first kappa shape index (κ1) is 8.21. The Labute approximate surface area is 64.6 Å². The first-order chi connectivity index (χ1) is 4.26. The van der Waals surface area contributed by atoms with E-state index in [1.54, 1.807) is 0 Å². The highest BCUT2D eigenvalue weighted by Crippen LogP contribution is 2.58. The van der Waals surface area contributed by atoms with Gasteiger partial charge in [-0.2, -0.15) is 0 Å². The number of piperidine rings is 1. The van der Waals surface area contributed by atoms with Gasteiger partial charge in [0.05, 0.1) is 0 Å². The molecule has 0 spiro atoms. The molecule has 0 amide bonds. The Balaban J connectivity index is 0.000000500. The van der Waals surface area contributed by atoms with Crippen LogP contribution in [0.4, 0.5) is 8.78 Å². The van der Waals surface area contributed by atoms with Crippen LogP contribution in [0, 0.1) is 11.3 Å². The largest absolute Gasteiger partial charge is 0.316 e. The maximum atomic E-state index is 12.1. The van der Waals surface area contributed by atoms with Crippen molar-refractivity contribution >= 4 is 12.4 Å². The van der Waals surface area contributed by atoms with Gasteiger partial charge in [0.1, 0.15) is 0 Å². The van der Waals surface area contributed by atoms with Gasteiger partial charge in [0.25, 0.3) is 0 Å². The predicted octanol–water partition coefficient (Wildman–Crippen LogP) is 1.28. The van der Waals surface area contributed by atoms with Crippen molar-refractivity contribution in [1.29, 1.82) is 0 Å². The molecular weight excluding hydrogens is 160 g/mol. The Morgan fingerprint density at radius 3 is 2.40 bits per heavy atom. The average molecular weight is 170 g/mol. The highest BCUT2D eigenvalue weighted by atomic mass is 35.5. The fraction of sp³-hybridized carbons (Fsp3) is 1.00. The number of alkyl halides is 2. The van der Waals surface area contributed by atoms with Gasteiger partial charge in [0.2, 0.25) is 6.43 Å². The van der Waals surface area contributed by atoms with E-state index < -0.39 is 11.8 Å². The quantitative estimate of drug-likeness (QED) is 0.624. The molecule has 2 atom stereocenters. The van der Waals surface area contributed by atoms with Crippen LogP contribution in [0.2, 0.25) is 0 Å². The summed E-state index contributed by atoms with van der Waals surface area (Å²) in [5.41, 5.74) is -0.583. The minimum Gasteiger partial charge on any atom is -0.316 e. The summed E-state index contributed by atoms with van der Waals surface area (Å²) in [6.07, 6.45) is -1.35. The number of halogens is 3. The van der Waals surface area contributed by atoms with Gasteiger partial charge >= 0.3 is 0 Å². The van der Waals surface area contributed by atoms with E-state index in [1.807, 2.05) is 0 Å². The third-order valence-electron chi connectivity index (χ3n) is 2.56. The second-order valence-electron chi connectivity index (χ2n) is 3.07. The molecule has 0 aromatic carbocycles. The molecule has 1 aliphatic carbocycles. The summed E-state index contributed by atoms with van der Waals surface area (Å²) in [5, 5.41) is 2.96. The SMILES string of the molecule is Cl.FC(F)[C@@]12CNC[C@@H]1C2. The summed E-state index contributed by atoms with van der Waals surface area (Å²) in [6.45, 7) is 1.35. The van der Waals surface area contributed by atoms with E-state index in [1.165, 1.54) is 0 Å². The first-order valence-electron chi connectivity index (χ1n) is 3.24. The third kappa shape index (κ3) is 0.839. The molecule has 1 aliphatic heterocycles. The van der Waals surface area contributed by atoms with Crippen LogP contribution in [0.15, 0.2) is 0 Å². The van der Waals surface area contributed by atoms with Crippen LogP contribution in [0.1, 0.15) is 6.42 Å². The van der Waals surface area contributed by atoms with Crippen molar-refractivity contribution in [2.24, 2.45) is 11.3 Å². The fourth-order valence-electron chi connectivity index (χ4n) is 1.72. The summed E-state index contributed by atoms with van der Waals surface area (Å²) in [6, 6.07) is 0. The van der Waals surface area contributed by atoms with Crippen LogP contribution < -0.4 is 5.32 Å². The van der Waals surface area contributed by atoms with E-state index in [4.69, 9.17) is 0 Å². The summed E-state index contributed by atoms with van der Waals surface area (Å²) in [7, 11) is 0. The molecule has 0 aromatic rings. The van der Waals surface area contributed by atoms with E-state index >= 15 is 0 Å². The van der Waals surface area contributed by atoms with Crippen molar-refractivity contribution in [1.82, 2.24) is 5.32 Å². The maximum absolute atomic E-state index is 12.1. The van der Waals surface area contributed by atoms with Gasteiger partial charge in [-0.15, -0.1) is 12.4 Å². The molecule has 60 valence electrons. The summed E-state index contributed by atoms with van der Waals surface area (Å²) < 4.78 is 24.3. The zero-order chi connectivity index (χ0) is 6.48. The molecule has 1 nitrogen and oxygen atoms in total. The summed E-state index contributed by atoms with van der Waals surface area (Å²) in [4.78, 5) is 0.